The van der Waals surface area contributed by atoms with Crippen LogP contribution in [0.25, 0.3) is 0 Å². The molecule has 0 N–H and O–H groups in total. The molecule has 0 amide bonds. The number of hydrogen-bond acceptors (Lipinski definition) is 5. The van der Waals surface area contributed by atoms with Gasteiger partial charge in [-0.15, -0.1) is 11.6 Å². The van der Waals surface area contributed by atoms with Crippen LogP contribution >= 0.6 is 11.6 Å². The van der Waals surface area contributed by atoms with Crippen molar-refractivity contribution in [2.45, 2.75) is 4.90 Å². The van der Waals surface area contributed by atoms with Crippen molar-refractivity contribution in [3.05, 3.63) is 18.3 Å². The third-order valence-corrected chi connectivity index (χ3v) is 4.51. The Bertz CT molecular complexity index is 528. The number of rotatable bonds is 4. The van der Waals surface area contributed by atoms with Crippen LogP contribution in [0.15, 0.2) is 23.2 Å². The molecule has 7 heteroatoms. The van der Waals surface area contributed by atoms with Crippen molar-refractivity contribution < 1.29 is 8.42 Å². The van der Waals surface area contributed by atoms with Gasteiger partial charge in [0.05, 0.1) is 0 Å². The molecule has 19 heavy (non-hydrogen) atoms. The summed E-state index contributed by atoms with van der Waals surface area (Å²) in [5, 5.41) is 0. The lowest BCUT2D eigenvalue weighted by atomic mass is 10.3. The van der Waals surface area contributed by atoms with Gasteiger partial charge in [-0.25, -0.2) is 13.4 Å². The first-order valence-corrected chi connectivity index (χ1v) is 8.63. The topological polar surface area (TPSA) is 53.5 Å². The summed E-state index contributed by atoms with van der Waals surface area (Å²) in [7, 11) is -3.25. The Morgan fingerprint density at radius 3 is 2.58 bits per heavy atom. The summed E-state index contributed by atoms with van der Waals surface area (Å²) in [6.45, 7) is 4.18. The molecule has 1 aliphatic rings. The Labute approximate surface area is 119 Å². The molecule has 0 unspecified atom stereocenters. The van der Waals surface area contributed by atoms with Crippen LogP contribution in [0.5, 0.6) is 0 Å². The van der Waals surface area contributed by atoms with Crippen LogP contribution in [-0.4, -0.2) is 63.2 Å². The zero-order chi connectivity index (χ0) is 13.9. The minimum atomic E-state index is -3.25. The molecule has 0 aliphatic carbocycles. The second-order valence-corrected chi connectivity index (χ2v) is 6.98. The fraction of sp³-hybridized carbons (Fsp3) is 0.583. The molecule has 1 saturated heterocycles. The number of nitrogens with zero attached hydrogens (tertiary/aromatic N) is 3. The summed E-state index contributed by atoms with van der Waals surface area (Å²) in [6.07, 6.45) is 2.85. The van der Waals surface area contributed by atoms with Crippen molar-refractivity contribution in [3.8, 4) is 0 Å². The van der Waals surface area contributed by atoms with Gasteiger partial charge in [-0.05, 0) is 12.1 Å². The van der Waals surface area contributed by atoms with E-state index in [9.17, 15) is 8.42 Å². The molecule has 0 bridgehead atoms. The van der Waals surface area contributed by atoms with E-state index in [0.29, 0.717) is 16.6 Å². The molecule has 0 aromatic carbocycles. The summed E-state index contributed by atoms with van der Waals surface area (Å²) in [5.74, 6) is 1.19. The van der Waals surface area contributed by atoms with E-state index >= 15 is 0 Å². The molecule has 1 aromatic heterocycles. The smallest absolute Gasteiger partial charge is 0.179 e. The molecule has 5 nitrogen and oxygen atoms in total. The van der Waals surface area contributed by atoms with Crippen molar-refractivity contribution in [1.82, 2.24) is 9.88 Å². The monoisotopic (exact) mass is 303 g/mol. The van der Waals surface area contributed by atoms with Crippen molar-refractivity contribution >= 4 is 27.3 Å². The van der Waals surface area contributed by atoms with Crippen LogP contribution in [0.4, 0.5) is 5.82 Å². The number of sulfone groups is 1. The van der Waals surface area contributed by atoms with Gasteiger partial charge in [-0.3, -0.25) is 4.90 Å². The van der Waals surface area contributed by atoms with E-state index in [2.05, 4.69) is 9.88 Å². The number of hydrogen-bond donors (Lipinski definition) is 0. The van der Waals surface area contributed by atoms with Gasteiger partial charge in [0.2, 0.25) is 0 Å². The summed E-state index contributed by atoms with van der Waals surface area (Å²) < 4.78 is 23.5. The first-order chi connectivity index (χ1) is 9.02. The van der Waals surface area contributed by atoms with Crippen molar-refractivity contribution in [3.63, 3.8) is 0 Å². The third kappa shape index (κ3) is 3.58. The van der Waals surface area contributed by atoms with Crippen LogP contribution in [0.3, 0.4) is 0 Å². The SMILES string of the molecule is CS(=O)(=O)c1cccnc1N1CCN(CCCl)CC1. The molecule has 0 atom stereocenters. The molecule has 2 heterocycles. The largest absolute Gasteiger partial charge is 0.353 e. The first kappa shape index (κ1) is 14.6. The highest BCUT2D eigenvalue weighted by Crippen LogP contribution is 2.23. The second kappa shape index (κ2) is 6.07. The summed E-state index contributed by atoms with van der Waals surface area (Å²) >= 11 is 5.73. The quantitative estimate of drug-likeness (QED) is 0.772. The fourth-order valence-electron chi connectivity index (χ4n) is 2.21. The van der Waals surface area contributed by atoms with Gasteiger partial charge in [0, 0.05) is 51.1 Å². The van der Waals surface area contributed by atoms with E-state index in [1.54, 1.807) is 18.3 Å². The molecule has 1 aromatic rings. The highest BCUT2D eigenvalue weighted by Gasteiger charge is 2.23. The normalized spacial score (nSPS) is 17.7. The molecule has 0 radical (unpaired) electrons. The van der Waals surface area contributed by atoms with E-state index in [0.717, 1.165) is 32.7 Å². The summed E-state index contributed by atoms with van der Waals surface area (Å²) in [4.78, 5) is 8.85. The van der Waals surface area contributed by atoms with Crippen molar-refractivity contribution in [2.24, 2.45) is 0 Å². The van der Waals surface area contributed by atoms with Gasteiger partial charge in [-0.2, -0.15) is 0 Å². The number of halogens is 1. The lowest BCUT2D eigenvalue weighted by Gasteiger charge is -2.35. The first-order valence-electron chi connectivity index (χ1n) is 6.20. The minimum Gasteiger partial charge on any atom is -0.353 e. The van der Waals surface area contributed by atoms with E-state index in [1.807, 2.05) is 4.90 Å². The maximum atomic E-state index is 11.8. The fourth-order valence-corrected chi connectivity index (χ4v) is 3.29. The van der Waals surface area contributed by atoms with Gasteiger partial charge in [-0.1, -0.05) is 0 Å². The number of anilines is 1. The summed E-state index contributed by atoms with van der Waals surface area (Å²) in [6, 6.07) is 3.27. The average molecular weight is 304 g/mol. The van der Waals surface area contributed by atoms with Crippen LogP contribution in [-0.2, 0) is 9.84 Å². The van der Waals surface area contributed by atoms with E-state index in [1.165, 1.54) is 6.26 Å². The predicted octanol–water partition coefficient (Wildman–Crippen LogP) is 0.846. The second-order valence-electron chi connectivity index (χ2n) is 4.61. The van der Waals surface area contributed by atoms with Crippen LogP contribution in [0, 0.1) is 0 Å². The standard InChI is InChI=1S/C12H18ClN3O2S/c1-19(17,18)11-3-2-5-14-12(11)16-9-7-15(6-4-13)8-10-16/h2-3,5H,4,6-10H2,1H3. The minimum absolute atomic E-state index is 0.306. The lowest BCUT2D eigenvalue weighted by Crippen LogP contribution is -2.47. The van der Waals surface area contributed by atoms with Gasteiger partial charge < -0.3 is 4.90 Å². The van der Waals surface area contributed by atoms with Crippen molar-refractivity contribution in [1.29, 1.82) is 0 Å². The maximum absolute atomic E-state index is 11.8. The molecule has 0 saturated carbocycles. The van der Waals surface area contributed by atoms with Crippen LogP contribution < -0.4 is 4.90 Å². The molecule has 1 fully saturated rings. The Morgan fingerprint density at radius 1 is 1.32 bits per heavy atom. The van der Waals surface area contributed by atoms with Crippen LogP contribution in [0.2, 0.25) is 0 Å². The molecule has 0 spiro atoms. The molecule has 1 aliphatic heterocycles. The molecular formula is C12H18ClN3O2S. The Hall–Kier alpha value is -0.850. The predicted molar refractivity (Wildman–Crippen MR) is 76.7 cm³/mol. The van der Waals surface area contributed by atoms with E-state index < -0.39 is 9.84 Å². The molecule has 106 valence electrons. The zero-order valence-corrected chi connectivity index (χ0v) is 12.5. The van der Waals surface area contributed by atoms with Gasteiger partial charge >= 0.3 is 0 Å². The van der Waals surface area contributed by atoms with Gasteiger partial charge in [0.15, 0.2) is 9.84 Å². The average Bonchev–Trinajstić information content (AvgIpc) is 2.39. The highest BCUT2D eigenvalue weighted by molar-refractivity contribution is 7.90. The van der Waals surface area contributed by atoms with E-state index in [4.69, 9.17) is 11.6 Å². The zero-order valence-electron chi connectivity index (χ0n) is 10.9. The Morgan fingerprint density at radius 2 is 2.00 bits per heavy atom. The molecule has 2 rings (SSSR count). The third-order valence-electron chi connectivity index (χ3n) is 3.22. The number of aromatic nitrogens is 1. The van der Waals surface area contributed by atoms with Gasteiger partial charge in [0.1, 0.15) is 10.7 Å². The van der Waals surface area contributed by atoms with Gasteiger partial charge in [0.25, 0.3) is 0 Å². The van der Waals surface area contributed by atoms with Crippen molar-refractivity contribution in [2.75, 3.05) is 49.8 Å². The number of piperazine rings is 1. The Kier molecular flexibility index (Phi) is 4.65. The van der Waals surface area contributed by atoms with Crippen LogP contribution in [0.1, 0.15) is 0 Å². The lowest BCUT2D eigenvalue weighted by molar-refractivity contribution is 0.271. The number of alkyl halides is 1. The summed E-state index contributed by atoms with van der Waals surface area (Å²) in [5.41, 5.74) is 0. The number of pyridine rings is 1. The Balaban J connectivity index is 2.16. The highest BCUT2D eigenvalue weighted by atomic mass is 35.5. The maximum Gasteiger partial charge on any atom is 0.179 e. The molecular weight excluding hydrogens is 286 g/mol. The van der Waals surface area contributed by atoms with E-state index in [-0.39, 0.29) is 0 Å².